The Balaban J connectivity index is 1.62. The zero-order valence-corrected chi connectivity index (χ0v) is 26.5. The highest BCUT2D eigenvalue weighted by Crippen LogP contribution is 2.35. The SMILES string of the molecule is COc1cccc([C@H]2C(C(=O)OC(C)C)=C(C)N=c3s/c(=C\c4ccc(Sc5nc(C)cc(C)n5)c([N+](=O)[O-])c4)c(=O)n32)c1. The Bertz CT molecular complexity index is 1990. The number of carbonyl (C=O) groups excluding carboxylic acids is 1. The Hall–Kier alpha value is -4.62. The maximum atomic E-state index is 14.0. The van der Waals surface area contributed by atoms with Gasteiger partial charge in [0.2, 0.25) is 0 Å². The normalized spacial score (nSPS) is 14.8. The molecular formula is C31H29N5O6S2. The molecule has 0 aliphatic carbocycles. The molecule has 11 nitrogen and oxygen atoms in total. The van der Waals surface area contributed by atoms with Crippen molar-refractivity contribution in [1.29, 1.82) is 0 Å². The van der Waals surface area contributed by atoms with Gasteiger partial charge in [0.25, 0.3) is 11.2 Å². The Kier molecular flexibility index (Phi) is 8.79. The molecule has 5 rings (SSSR count). The van der Waals surface area contributed by atoms with Gasteiger partial charge in [-0.2, -0.15) is 0 Å². The number of carbonyl (C=O) groups is 1. The fourth-order valence-corrected chi connectivity index (χ4v) is 6.83. The fourth-order valence-electron chi connectivity index (χ4n) is 4.83. The molecule has 1 aliphatic heterocycles. The van der Waals surface area contributed by atoms with Gasteiger partial charge in [0.15, 0.2) is 9.96 Å². The van der Waals surface area contributed by atoms with Gasteiger partial charge in [-0.05, 0) is 87.8 Å². The van der Waals surface area contributed by atoms with Crippen LogP contribution in [0.15, 0.2) is 79.6 Å². The first-order valence-electron chi connectivity index (χ1n) is 13.6. The summed E-state index contributed by atoms with van der Waals surface area (Å²) in [5, 5.41) is 12.4. The molecule has 13 heteroatoms. The largest absolute Gasteiger partial charge is 0.497 e. The molecule has 0 amide bonds. The Morgan fingerprint density at radius 1 is 1.11 bits per heavy atom. The minimum atomic E-state index is -0.819. The second-order valence-electron chi connectivity index (χ2n) is 10.3. The molecule has 1 atom stereocenters. The summed E-state index contributed by atoms with van der Waals surface area (Å²) in [5.74, 6) is -0.00723. The third-order valence-corrected chi connectivity index (χ3v) is 8.55. The number of rotatable bonds is 8. The van der Waals surface area contributed by atoms with E-state index in [1.165, 1.54) is 17.7 Å². The molecule has 2 aromatic heterocycles. The molecule has 3 heterocycles. The third-order valence-electron chi connectivity index (χ3n) is 6.63. The lowest BCUT2D eigenvalue weighted by atomic mass is 9.95. The maximum absolute atomic E-state index is 14.0. The van der Waals surface area contributed by atoms with Crippen LogP contribution in [0.4, 0.5) is 5.69 Å². The van der Waals surface area contributed by atoms with Gasteiger partial charge >= 0.3 is 5.97 Å². The average molecular weight is 632 g/mol. The quantitative estimate of drug-likeness (QED) is 0.118. The van der Waals surface area contributed by atoms with Crippen LogP contribution >= 0.6 is 23.1 Å². The number of hydrogen-bond acceptors (Lipinski definition) is 11. The van der Waals surface area contributed by atoms with Crippen LogP contribution in [0.25, 0.3) is 6.08 Å². The van der Waals surface area contributed by atoms with Crippen molar-refractivity contribution >= 4 is 40.8 Å². The predicted octanol–water partition coefficient (Wildman–Crippen LogP) is 4.66. The van der Waals surface area contributed by atoms with Gasteiger partial charge in [0, 0.05) is 17.5 Å². The van der Waals surface area contributed by atoms with Crippen molar-refractivity contribution in [2.75, 3.05) is 7.11 Å². The monoisotopic (exact) mass is 631 g/mol. The van der Waals surface area contributed by atoms with Gasteiger partial charge in [0.05, 0.1) is 44.9 Å². The van der Waals surface area contributed by atoms with Gasteiger partial charge in [-0.25, -0.2) is 19.8 Å². The van der Waals surface area contributed by atoms with Crippen LogP contribution in [0.2, 0.25) is 0 Å². The zero-order valence-electron chi connectivity index (χ0n) is 24.9. The summed E-state index contributed by atoms with van der Waals surface area (Å²) >= 11 is 2.24. The van der Waals surface area contributed by atoms with E-state index in [1.807, 2.05) is 26.0 Å². The molecule has 0 N–H and O–H groups in total. The molecule has 0 bridgehead atoms. The summed E-state index contributed by atoms with van der Waals surface area (Å²) in [7, 11) is 1.54. The lowest BCUT2D eigenvalue weighted by molar-refractivity contribution is -0.387. The first kappa shape index (κ1) is 30.8. The number of benzene rings is 2. The standard InChI is InChI=1S/C31H29N5O6S2/c1-16(2)42-29(38)26-19(5)34-31-35(27(26)21-8-7-9-22(15-21)41-6)28(37)25(44-31)14-20-10-11-24(23(13-20)36(39)40)43-30-32-17(3)12-18(4)33-30/h7-16,27H,1-6H3/b25-14-/t27-/m0/s1. The minimum Gasteiger partial charge on any atom is -0.497 e. The van der Waals surface area contributed by atoms with E-state index >= 15 is 0 Å². The van der Waals surface area contributed by atoms with E-state index in [0.29, 0.717) is 42.0 Å². The summed E-state index contributed by atoms with van der Waals surface area (Å²) in [4.78, 5) is 53.0. The highest BCUT2D eigenvalue weighted by molar-refractivity contribution is 7.99. The highest BCUT2D eigenvalue weighted by atomic mass is 32.2. The second-order valence-corrected chi connectivity index (χ2v) is 12.4. The molecule has 0 spiro atoms. The van der Waals surface area contributed by atoms with Gasteiger partial charge in [-0.3, -0.25) is 19.5 Å². The van der Waals surface area contributed by atoms with Gasteiger partial charge in [-0.15, -0.1) is 0 Å². The number of aromatic nitrogens is 3. The number of fused-ring (bicyclic) bond motifs is 1. The second kappa shape index (κ2) is 12.5. The van der Waals surface area contributed by atoms with Crippen molar-refractivity contribution in [3.8, 4) is 5.75 Å². The van der Waals surface area contributed by atoms with Gasteiger partial charge in [0.1, 0.15) is 5.75 Å². The van der Waals surface area contributed by atoms with E-state index in [-0.39, 0.29) is 17.4 Å². The number of allylic oxidation sites excluding steroid dienone is 1. The zero-order chi connectivity index (χ0) is 31.7. The maximum Gasteiger partial charge on any atom is 0.338 e. The molecule has 0 fully saturated rings. The number of methoxy groups -OCH3 is 1. The van der Waals surface area contributed by atoms with E-state index < -0.39 is 22.5 Å². The van der Waals surface area contributed by atoms with Gasteiger partial charge < -0.3 is 9.47 Å². The van der Waals surface area contributed by atoms with Crippen molar-refractivity contribution in [3.05, 3.63) is 112 Å². The first-order chi connectivity index (χ1) is 20.9. The Labute approximate surface area is 260 Å². The van der Waals surface area contributed by atoms with E-state index in [4.69, 9.17) is 9.47 Å². The van der Waals surface area contributed by atoms with Crippen molar-refractivity contribution < 1.29 is 19.2 Å². The minimum absolute atomic E-state index is 0.136. The molecule has 1 aliphatic rings. The number of esters is 1. The van der Waals surface area contributed by atoms with E-state index in [0.717, 1.165) is 34.5 Å². The topological polar surface area (TPSA) is 139 Å². The summed E-state index contributed by atoms with van der Waals surface area (Å²) in [6.45, 7) is 8.88. The summed E-state index contributed by atoms with van der Waals surface area (Å²) in [5.41, 5.74) is 2.78. The molecule has 226 valence electrons. The fraction of sp³-hybridized carbons (Fsp3) is 0.258. The number of ether oxygens (including phenoxy) is 2. The van der Waals surface area contributed by atoms with Crippen molar-refractivity contribution in [2.45, 2.75) is 56.8 Å². The molecule has 0 unspecified atom stereocenters. The van der Waals surface area contributed by atoms with Crippen molar-refractivity contribution in [1.82, 2.24) is 14.5 Å². The van der Waals surface area contributed by atoms with Crippen LogP contribution in [0.5, 0.6) is 5.75 Å². The number of nitro benzene ring substituents is 1. The van der Waals surface area contributed by atoms with Crippen molar-refractivity contribution in [3.63, 3.8) is 0 Å². The number of thiazole rings is 1. The number of aryl methyl sites for hydroxylation is 2. The van der Waals surface area contributed by atoms with Crippen LogP contribution in [-0.4, -0.2) is 38.6 Å². The van der Waals surface area contributed by atoms with Crippen LogP contribution in [0.1, 0.15) is 49.3 Å². The molecule has 2 aromatic carbocycles. The molecule has 0 radical (unpaired) electrons. The predicted molar refractivity (Wildman–Crippen MR) is 167 cm³/mol. The average Bonchev–Trinajstić information content (AvgIpc) is 3.25. The van der Waals surface area contributed by atoms with E-state index in [9.17, 15) is 19.7 Å². The molecular weight excluding hydrogens is 603 g/mol. The third kappa shape index (κ3) is 6.33. The van der Waals surface area contributed by atoms with Crippen LogP contribution < -0.4 is 19.6 Å². The lowest BCUT2D eigenvalue weighted by Gasteiger charge is -2.25. The summed E-state index contributed by atoms with van der Waals surface area (Å²) in [6.07, 6.45) is 1.21. The summed E-state index contributed by atoms with van der Waals surface area (Å²) < 4.78 is 12.7. The Morgan fingerprint density at radius 2 is 1.84 bits per heavy atom. The first-order valence-corrected chi connectivity index (χ1v) is 15.2. The van der Waals surface area contributed by atoms with E-state index in [1.54, 1.807) is 57.2 Å². The number of nitro groups is 1. The van der Waals surface area contributed by atoms with Crippen LogP contribution in [0, 0.1) is 24.0 Å². The molecule has 4 aromatic rings. The smallest absolute Gasteiger partial charge is 0.338 e. The summed E-state index contributed by atoms with van der Waals surface area (Å²) in [6, 6.07) is 12.9. The number of nitrogens with zero attached hydrogens (tertiary/aromatic N) is 5. The molecule has 44 heavy (non-hydrogen) atoms. The highest BCUT2D eigenvalue weighted by Gasteiger charge is 2.34. The Morgan fingerprint density at radius 3 is 2.50 bits per heavy atom. The van der Waals surface area contributed by atoms with Crippen molar-refractivity contribution in [2.24, 2.45) is 4.99 Å². The van der Waals surface area contributed by atoms with Gasteiger partial charge in [-0.1, -0.05) is 29.5 Å². The molecule has 0 saturated heterocycles. The van der Waals surface area contributed by atoms with Crippen LogP contribution in [0.3, 0.4) is 0 Å². The van der Waals surface area contributed by atoms with Crippen LogP contribution in [-0.2, 0) is 9.53 Å². The molecule has 0 saturated carbocycles. The van der Waals surface area contributed by atoms with E-state index in [2.05, 4.69) is 15.0 Å². The number of hydrogen-bond donors (Lipinski definition) is 0. The lowest BCUT2D eigenvalue weighted by Crippen LogP contribution is -2.40.